The number of fused-ring (bicyclic) bond motifs is 1. The maximum Gasteiger partial charge on any atom is 0.240 e. The standard InChI is InChI=1S/C33H25ClF2N4O5/c1-43-29-17-25-22(16-30(29)45-27-8-4-19(37)14-23(27)34)26(10-13-38-25)44-28-9-7-21(15-24(28)36)40-32(42)33(11-12-33)31(41)39-20-5-2-18(35)3-6-20/h2-10,13-17H,11-12,37H2,1H3,(H,39,41)(H,40,42). The quantitative estimate of drug-likeness (QED) is 0.113. The molecule has 4 aromatic carbocycles. The van der Waals surface area contributed by atoms with E-state index in [4.69, 9.17) is 31.5 Å². The van der Waals surface area contributed by atoms with Crippen LogP contribution in [0.5, 0.6) is 28.7 Å². The fraction of sp³-hybridized carbons (Fsp3) is 0.121. The Kier molecular flexibility index (Phi) is 7.86. The van der Waals surface area contributed by atoms with Gasteiger partial charge in [-0.25, -0.2) is 8.78 Å². The molecule has 45 heavy (non-hydrogen) atoms. The van der Waals surface area contributed by atoms with Crippen molar-refractivity contribution in [3.8, 4) is 28.7 Å². The van der Waals surface area contributed by atoms with Crippen molar-refractivity contribution in [2.24, 2.45) is 5.41 Å². The Morgan fingerprint density at radius 3 is 2.13 bits per heavy atom. The van der Waals surface area contributed by atoms with E-state index in [1.165, 1.54) is 49.7 Å². The summed E-state index contributed by atoms with van der Waals surface area (Å²) in [6.45, 7) is 0. The number of nitrogens with zero attached hydrogens (tertiary/aromatic N) is 1. The minimum atomic E-state index is -1.30. The van der Waals surface area contributed by atoms with Crippen LogP contribution in [0.1, 0.15) is 12.8 Å². The predicted octanol–water partition coefficient (Wildman–Crippen LogP) is 7.70. The molecule has 0 aliphatic heterocycles. The molecule has 0 radical (unpaired) electrons. The summed E-state index contributed by atoms with van der Waals surface area (Å²) >= 11 is 6.29. The van der Waals surface area contributed by atoms with Crippen LogP contribution in [0.15, 0.2) is 85.1 Å². The van der Waals surface area contributed by atoms with Crippen molar-refractivity contribution in [1.29, 1.82) is 0 Å². The zero-order chi connectivity index (χ0) is 31.7. The molecule has 1 fully saturated rings. The number of ether oxygens (including phenoxy) is 3. The number of halogens is 3. The minimum Gasteiger partial charge on any atom is -0.493 e. The van der Waals surface area contributed by atoms with Crippen LogP contribution in [0.4, 0.5) is 25.8 Å². The number of rotatable bonds is 9. The monoisotopic (exact) mass is 630 g/mol. The van der Waals surface area contributed by atoms with Gasteiger partial charge in [0.05, 0.1) is 17.6 Å². The predicted molar refractivity (Wildman–Crippen MR) is 166 cm³/mol. The Bertz CT molecular complexity index is 1950. The van der Waals surface area contributed by atoms with E-state index in [9.17, 15) is 14.0 Å². The molecule has 1 heterocycles. The van der Waals surface area contributed by atoms with E-state index in [-0.39, 0.29) is 17.2 Å². The number of nitrogens with two attached hydrogens (primary N) is 1. The highest BCUT2D eigenvalue weighted by Crippen LogP contribution is 2.48. The van der Waals surface area contributed by atoms with Gasteiger partial charge in [-0.3, -0.25) is 14.6 Å². The molecule has 12 heteroatoms. The highest BCUT2D eigenvalue weighted by atomic mass is 35.5. The molecule has 6 rings (SSSR count). The van der Waals surface area contributed by atoms with Gasteiger partial charge in [0.25, 0.3) is 0 Å². The number of hydrogen-bond donors (Lipinski definition) is 3. The Balaban J connectivity index is 1.20. The second kappa shape index (κ2) is 11.9. The van der Waals surface area contributed by atoms with Crippen molar-refractivity contribution in [2.45, 2.75) is 12.8 Å². The van der Waals surface area contributed by atoms with E-state index in [1.54, 1.807) is 36.4 Å². The second-order valence-corrected chi connectivity index (χ2v) is 10.8. The zero-order valence-corrected chi connectivity index (χ0v) is 24.5. The van der Waals surface area contributed by atoms with E-state index in [1.807, 2.05) is 0 Å². The normalized spacial score (nSPS) is 13.2. The van der Waals surface area contributed by atoms with E-state index < -0.39 is 28.9 Å². The van der Waals surface area contributed by atoms with Gasteiger partial charge < -0.3 is 30.6 Å². The molecule has 4 N–H and O–H groups in total. The third-order valence-electron chi connectivity index (χ3n) is 7.29. The molecule has 1 aromatic heterocycles. The highest BCUT2D eigenvalue weighted by molar-refractivity contribution is 6.32. The van der Waals surface area contributed by atoms with Crippen LogP contribution in [-0.4, -0.2) is 23.9 Å². The van der Waals surface area contributed by atoms with Crippen LogP contribution in [0, 0.1) is 17.0 Å². The van der Waals surface area contributed by atoms with E-state index in [0.29, 0.717) is 57.4 Å². The summed E-state index contributed by atoms with van der Waals surface area (Å²) in [5.41, 5.74) is 5.97. The fourth-order valence-electron chi connectivity index (χ4n) is 4.67. The molecule has 1 saturated carbocycles. The van der Waals surface area contributed by atoms with Gasteiger partial charge in [0.2, 0.25) is 11.8 Å². The summed E-state index contributed by atoms with van der Waals surface area (Å²) < 4.78 is 45.9. The Morgan fingerprint density at radius 1 is 0.800 bits per heavy atom. The maximum atomic E-state index is 15.3. The summed E-state index contributed by atoms with van der Waals surface area (Å²) in [6, 6.07) is 18.8. The van der Waals surface area contributed by atoms with Crippen LogP contribution >= 0.6 is 11.6 Å². The lowest BCUT2D eigenvalue weighted by atomic mass is 10.0. The third-order valence-corrected chi connectivity index (χ3v) is 7.59. The summed E-state index contributed by atoms with van der Waals surface area (Å²) in [5, 5.41) is 6.06. The summed E-state index contributed by atoms with van der Waals surface area (Å²) in [6.07, 6.45) is 2.16. The zero-order valence-electron chi connectivity index (χ0n) is 23.7. The average Bonchev–Trinajstić information content (AvgIpc) is 3.83. The summed E-state index contributed by atoms with van der Waals surface area (Å²) in [7, 11) is 1.48. The smallest absolute Gasteiger partial charge is 0.240 e. The lowest BCUT2D eigenvalue weighted by molar-refractivity contribution is -0.131. The Labute approximate surface area is 260 Å². The first-order chi connectivity index (χ1) is 21.6. The number of amides is 2. The highest BCUT2D eigenvalue weighted by Gasteiger charge is 2.56. The van der Waals surface area contributed by atoms with Crippen molar-refractivity contribution in [1.82, 2.24) is 4.98 Å². The molecule has 0 atom stereocenters. The number of carbonyl (C=O) groups excluding carboxylic acids is 2. The first kappa shape index (κ1) is 29.6. The number of carbonyl (C=O) groups is 2. The van der Waals surface area contributed by atoms with E-state index >= 15 is 4.39 Å². The molecule has 5 aromatic rings. The summed E-state index contributed by atoms with van der Waals surface area (Å²) in [4.78, 5) is 30.3. The van der Waals surface area contributed by atoms with Crippen LogP contribution in [0.25, 0.3) is 10.9 Å². The number of nitrogens with one attached hydrogen (secondary N) is 2. The van der Waals surface area contributed by atoms with Gasteiger partial charge in [-0.05, 0) is 79.6 Å². The lowest BCUT2D eigenvalue weighted by Gasteiger charge is -2.16. The topological polar surface area (TPSA) is 125 Å². The Morgan fingerprint density at radius 2 is 1.47 bits per heavy atom. The number of aromatic nitrogens is 1. The minimum absolute atomic E-state index is 0.115. The first-order valence-corrected chi connectivity index (χ1v) is 14.1. The van der Waals surface area contributed by atoms with Crippen molar-refractivity contribution in [3.63, 3.8) is 0 Å². The van der Waals surface area contributed by atoms with Crippen molar-refractivity contribution < 1.29 is 32.6 Å². The van der Waals surface area contributed by atoms with Gasteiger partial charge >= 0.3 is 0 Å². The molecule has 0 saturated heterocycles. The molecular formula is C33H25ClF2N4O5. The Hall–Kier alpha value is -5.42. The van der Waals surface area contributed by atoms with Gasteiger partial charge in [-0.2, -0.15) is 0 Å². The van der Waals surface area contributed by atoms with Gasteiger partial charge in [0.15, 0.2) is 23.1 Å². The molecular weight excluding hydrogens is 606 g/mol. The van der Waals surface area contributed by atoms with Crippen molar-refractivity contribution in [2.75, 3.05) is 23.5 Å². The van der Waals surface area contributed by atoms with Crippen molar-refractivity contribution in [3.05, 3.63) is 102 Å². The molecule has 1 aliphatic carbocycles. The molecule has 1 aliphatic rings. The van der Waals surface area contributed by atoms with Crippen LogP contribution < -0.4 is 30.6 Å². The number of benzene rings is 4. The van der Waals surface area contributed by atoms with Crippen LogP contribution in [0.3, 0.4) is 0 Å². The first-order valence-electron chi connectivity index (χ1n) is 13.7. The molecule has 0 unspecified atom stereocenters. The van der Waals surface area contributed by atoms with Gasteiger partial charge in [-0.15, -0.1) is 0 Å². The van der Waals surface area contributed by atoms with E-state index in [0.717, 1.165) is 6.07 Å². The number of nitrogen functional groups attached to an aromatic ring is 1. The number of anilines is 3. The largest absolute Gasteiger partial charge is 0.493 e. The molecule has 0 spiro atoms. The SMILES string of the molecule is COc1cc2nccc(Oc3ccc(NC(=O)C4(C(=O)Nc5ccc(F)cc5)CC4)cc3F)c2cc1Oc1ccc(N)cc1Cl. The van der Waals surface area contributed by atoms with Gasteiger partial charge in [0, 0.05) is 40.8 Å². The molecule has 9 nitrogen and oxygen atoms in total. The van der Waals surface area contributed by atoms with Crippen molar-refractivity contribution >= 4 is 51.4 Å². The van der Waals surface area contributed by atoms with Crippen LogP contribution in [0.2, 0.25) is 5.02 Å². The fourth-order valence-corrected chi connectivity index (χ4v) is 4.90. The molecule has 0 bridgehead atoms. The van der Waals surface area contributed by atoms with E-state index in [2.05, 4.69) is 15.6 Å². The molecule has 228 valence electrons. The lowest BCUT2D eigenvalue weighted by Crippen LogP contribution is -2.35. The maximum absolute atomic E-state index is 15.3. The molecule has 2 amide bonds. The third kappa shape index (κ3) is 6.16. The number of pyridine rings is 1. The van der Waals surface area contributed by atoms with Gasteiger partial charge in [-0.1, -0.05) is 11.6 Å². The number of hydrogen-bond acceptors (Lipinski definition) is 7. The number of methoxy groups -OCH3 is 1. The summed E-state index contributed by atoms with van der Waals surface area (Å²) in [5.74, 6) is -1.09. The van der Waals surface area contributed by atoms with Crippen LogP contribution in [-0.2, 0) is 9.59 Å². The average molecular weight is 631 g/mol. The van der Waals surface area contributed by atoms with Gasteiger partial charge in [0.1, 0.15) is 22.7 Å². The second-order valence-electron chi connectivity index (χ2n) is 10.4.